The molecule has 1 aromatic carbocycles. The molecule has 0 bridgehead atoms. The molecule has 1 fully saturated rings. The highest BCUT2D eigenvalue weighted by Gasteiger charge is 2.21. The Morgan fingerprint density at radius 1 is 1.31 bits per heavy atom. The fourth-order valence-corrected chi connectivity index (χ4v) is 3.87. The van der Waals surface area contributed by atoms with Crippen LogP contribution in [-0.2, 0) is 16.0 Å². The Labute approximate surface area is 157 Å². The lowest BCUT2D eigenvalue weighted by Gasteiger charge is -2.32. The SMILES string of the molecule is CC(=O)Nc1ccc(CC(=O)NC[C@@H]2CCCN(c3nccs3)C2)cc1. The highest BCUT2D eigenvalue weighted by Crippen LogP contribution is 2.24. The maximum Gasteiger partial charge on any atom is 0.224 e. The van der Waals surface area contributed by atoms with E-state index in [9.17, 15) is 9.59 Å². The Kier molecular flexibility index (Phi) is 6.22. The number of rotatable bonds is 6. The van der Waals surface area contributed by atoms with Crippen molar-refractivity contribution in [3.05, 3.63) is 41.4 Å². The molecule has 0 spiro atoms. The Bertz CT molecular complexity index is 731. The van der Waals surface area contributed by atoms with Gasteiger partial charge in [0, 0.05) is 43.8 Å². The predicted octanol–water partition coefficient (Wildman–Crippen LogP) is 2.68. The van der Waals surface area contributed by atoms with E-state index >= 15 is 0 Å². The minimum absolute atomic E-state index is 0.0312. The number of carbonyl (C=O) groups is 2. The lowest BCUT2D eigenvalue weighted by molar-refractivity contribution is -0.120. The fourth-order valence-electron chi connectivity index (χ4n) is 3.19. The number of amides is 2. The molecule has 1 atom stereocenters. The Balaban J connectivity index is 1.44. The molecule has 6 nitrogen and oxygen atoms in total. The monoisotopic (exact) mass is 372 g/mol. The van der Waals surface area contributed by atoms with Crippen LogP contribution in [0.15, 0.2) is 35.8 Å². The van der Waals surface area contributed by atoms with Gasteiger partial charge in [-0.2, -0.15) is 0 Å². The molecule has 3 rings (SSSR count). The highest BCUT2D eigenvalue weighted by molar-refractivity contribution is 7.13. The van der Waals surface area contributed by atoms with Gasteiger partial charge in [0.05, 0.1) is 6.42 Å². The summed E-state index contributed by atoms with van der Waals surface area (Å²) in [5.41, 5.74) is 1.68. The van der Waals surface area contributed by atoms with Crippen LogP contribution < -0.4 is 15.5 Å². The third-order valence-corrected chi connectivity index (χ3v) is 5.27. The average Bonchev–Trinajstić information content (AvgIpc) is 3.16. The number of hydrogen-bond acceptors (Lipinski definition) is 5. The van der Waals surface area contributed by atoms with E-state index in [0.29, 0.717) is 18.9 Å². The first-order valence-electron chi connectivity index (χ1n) is 8.88. The largest absolute Gasteiger partial charge is 0.355 e. The standard InChI is InChI=1S/C19H24N4O2S/c1-14(24)22-17-6-4-15(5-7-17)11-18(25)21-12-16-3-2-9-23(13-16)19-20-8-10-26-19/h4-8,10,16H,2-3,9,11-13H2,1H3,(H,21,25)(H,22,24)/t16-/m0/s1. The Hall–Kier alpha value is -2.41. The third-order valence-electron chi connectivity index (χ3n) is 4.44. The smallest absolute Gasteiger partial charge is 0.224 e. The molecule has 26 heavy (non-hydrogen) atoms. The van der Waals surface area contributed by atoms with Crippen molar-refractivity contribution in [1.29, 1.82) is 0 Å². The van der Waals surface area contributed by atoms with Crippen LogP contribution in [-0.4, -0.2) is 36.4 Å². The molecule has 2 heterocycles. The van der Waals surface area contributed by atoms with E-state index in [-0.39, 0.29) is 11.8 Å². The molecule has 0 radical (unpaired) electrons. The number of carbonyl (C=O) groups excluding carboxylic acids is 2. The minimum Gasteiger partial charge on any atom is -0.355 e. The minimum atomic E-state index is -0.102. The summed E-state index contributed by atoms with van der Waals surface area (Å²) in [5.74, 6) is 0.386. The summed E-state index contributed by atoms with van der Waals surface area (Å²) in [6.07, 6.45) is 4.45. The first kappa shape index (κ1) is 18.4. The maximum atomic E-state index is 12.2. The van der Waals surface area contributed by atoms with E-state index < -0.39 is 0 Å². The molecule has 2 amide bonds. The van der Waals surface area contributed by atoms with Crippen molar-refractivity contribution in [3.8, 4) is 0 Å². The van der Waals surface area contributed by atoms with Crippen molar-refractivity contribution < 1.29 is 9.59 Å². The van der Waals surface area contributed by atoms with E-state index in [1.807, 2.05) is 35.8 Å². The van der Waals surface area contributed by atoms with E-state index in [4.69, 9.17) is 0 Å². The van der Waals surface area contributed by atoms with Crippen molar-refractivity contribution in [3.63, 3.8) is 0 Å². The van der Waals surface area contributed by atoms with E-state index in [2.05, 4.69) is 20.5 Å². The number of thiazole rings is 1. The molecule has 138 valence electrons. The van der Waals surface area contributed by atoms with Crippen molar-refractivity contribution in [2.75, 3.05) is 29.9 Å². The quantitative estimate of drug-likeness (QED) is 0.818. The number of nitrogens with zero attached hydrogens (tertiary/aromatic N) is 2. The zero-order chi connectivity index (χ0) is 18.4. The highest BCUT2D eigenvalue weighted by atomic mass is 32.1. The van der Waals surface area contributed by atoms with Gasteiger partial charge in [0.1, 0.15) is 0 Å². The van der Waals surface area contributed by atoms with Crippen LogP contribution in [0.5, 0.6) is 0 Å². The molecule has 0 unspecified atom stereocenters. The molecular weight excluding hydrogens is 348 g/mol. The number of nitrogens with one attached hydrogen (secondary N) is 2. The lowest BCUT2D eigenvalue weighted by atomic mass is 9.98. The average molecular weight is 372 g/mol. The zero-order valence-electron chi connectivity index (χ0n) is 14.9. The topological polar surface area (TPSA) is 74.3 Å². The van der Waals surface area contributed by atoms with Gasteiger partial charge in [-0.25, -0.2) is 4.98 Å². The van der Waals surface area contributed by atoms with Crippen molar-refractivity contribution in [2.24, 2.45) is 5.92 Å². The van der Waals surface area contributed by atoms with E-state index in [1.165, 1.54) is 6.92 Å². The molecule has 1 aliphatic rings. The fraction of sp³-hybridized carbons (Fsp3) is 0.421. The second-order valence-electron chi connectivity index (χ2n) is 6.63. The number of hydrogen-bond donors (Lipinski definition) is 2. The number of anilines is 2. The molecule has 0 aliphatic carbocycles. The van der Waals surface area contributed by atoms with Crippen molar-refractivity contribution in [1.82, 2.24) is 10.3 Å². The van der Waals surface area contributed by atoms with Crippen LogP contribution >= 0.6 is 11.3 Å². The molecule has 7 heteroatoms. The van der Waals surface area contributed by atoms with Crippen LogP contribution in [0.25, 0.3) is 0 Å². The molecule has 2 aromatic rings. The van der Waals surface area contributed by atoms with Gasteiger partial charge < -0.3 is 15.5 Å². The van der Waals surface area contributed by atoms with Gasteiger partial charge in [-0.15, -0.1) is 11.3 Å². The molecule has 2 N–H and O–H groups in total. The van der Waals surface area contributed by atoms with Crippen LogP contribution in [0.4, 0.5) is 10.8 Å². The van der Waals surface area contributed by atoms with Gasteiger partial charge in [-0.3, -0.25) is 9.59 Å². The van der Waals surface area contributed by atoms with Gasteiger partial charge in [0.15, 0.2) is 5.13 Å². The summed E-state index contributed by atoms with van der Waals surface area (Å²) in [6, 6.07) is 7.37. The predicted molar refractivity (Wildman–Crippen MR) is 105 cm³/mol. The van der Waals surface area contributed by atoms with Gasteiger partial charge in [0.2, 0.25) is 11.8 Å². The van der Waals surface area contributed by atoms with Gasteiger partial charge in [0.25, 0.3) is 0 Å². The summed E-state index contributed by atoms with van der Waals surface area (Å²) in [4.78, 5) is 29.9. The molecule has 0 saturated carbocycles. The van der Waals surface area contributed by atoms with E-state index in [0.717, 1.165) is 42.3 Å². The van der Waals surface area contributed by atoms with Crippen LogP contribution in [0.3, 0.4) is 0 Å². The molecule has 1 aromatic heterocycles. The Morgan fingerprint density at radius 3 is 2.81 bits per heavy atom. The van der Waals surface area contributed by atoms with Gasteiger partial charge in [-0.05, 0) is 36.5 Å². The Morgan fingerprint density at radius 2 is 2.12 bits per heavy atom. The summed E-state index contributed by atoms with van der Waals surface area (Å²) in [7, 11) is 0. The van der Waals surface area contributed by atoms with E-state index in [1.54, 1.807) is 11.3 Å². The normalized spacial score (nSPS) is 17.0. The first-order chi connectivity index (χ1) is 12.6. The summed E-state index contributed by atoms with van der Waals surface area (Å²) in [5, 5.41) is 8.85. The first-order valence-corrected chi connectivity index (χ1v) is 9.76. The van der Waals surface area contributed by atoms with Crippen LogP contribution in [0.1, 0.15) is 25.3 Å². The number of benzene rings is 1. The van der Waals surface area contributed by atoms with Crippen molar-refractivity contribution in [2.45, 2.75) is 26.2 Å². The molecular formula is C19H24N4O2S. The second kappa shape index (κ2) is 8.80. The zero-order valence-corrected chi connectivity index (χ0v) is 15.7. The van der Waals surface area contributed by atoms with Gasteiger partial charge in [-0.1, -0.05) is 12.1 Å². The van der Waals surface area contributed by atoms with Crippen LogP contribution in [0, 0.1) is 5.92 Å². The van der Waals surface area contributed by atoms with Gasteiger partial charge >= 0.3 is 0 Å². The lowest BCUT2D eigenvalue weighted by Crippen LogP contribution is -2.41. The number of aromatic nitrogens is 1. The van der Waals surface area contributed by atoms with Crippen molar-refractivity contribution >= 4 is 34.0 Å². The number of piperidine rings is 1. The summed E-state index contributed by atoms with van der Waals surface area (Å²) < 4.78 is 0. The summed E-state index contributed by atoms with van der Waals surface area (Å²) in [6.45, 7) is 4.16. The molecule has 1 aliphatic heterocycles. The van der Waals surface area contributed by atoms with Crippen LogP contribution in [0.2, 0.25) is 0 Å². The second-order valence-corrected chi connectivity index (χ2v) is 7.50. The molecule has 1 saturated heterocycles. The third kappa shape index (κ3) is 5.29. The summed E-state index contributed by atoms with van der Waals surface area (Å²) >= 11 is 1.66. The maximum absolute atomic E-state index is 12.2.